The van der Waals surface area contributed by atoms with Crippen molar-refractivity contribution in [3.63, 3.8) is 0 Å². The van der Waals surface area contributed by atoms with Crippen molar-refractivity contribution in [2.45, 2.75) is 40.2 Å². The highest BCUT2D eigenvalue weighted by atomic mass is 16.5. The van der Waals surface area contributed by atoms with E-state index in [0.29, 0.717) is 23.6 Å². The number of hydrogen-bond acceptors (Lipinski definition) is 4. The normalized spacial score (nSPS) is 16.5. The van der Waals surface area contributed by atoms with Crippen LogP contribution in [0.1, 0.15) is 48.6 Å². The van der Waals surface area contributed by atoms with Crippen LogP contribution in [0.2, 0.25) is 0 Å². The number of aryl methyl sites for hydroxylation is 1. The molecule has 0 spiro atoms. The summed E-state index contributed by atoms with van der Waals surface area (Å²) >= 11 is 0. The molecule has 6 nitrogen and oxygen atoms in total. The van der Waals surface area contributed by atoms with Crippen molar-refractivity contribution in [3.05, 3.63) is 23.2 Å². The molecule has 0 saturated carbocycles. The molecule has 0 bridgehead atoms. The minimum atomic E-state index is -0.376. The SMILES string of the molecule is CCNC(=NCc1cc(C(=O)OC)c(C)o1)N1CCC(C)CC1. The number of furan rings is 1. The number of ether oxygens (including phenoxy) is 1. The summed E-state index contributed by atoms with van der Waals surface area (Å²) in [7, 11) is 1.37. The number of guanidine groups is 1. The summed E-state index contributed by atoms with van der Waals surface area (Å²) < 4.78 is 10.4. The first-order chi connectivity index (χ1) is 11.0. The average molecular weight is 321 g/mol. The third-order valence-electron chi connectivity index (χ3n) is 4.18. The summed E-state index contributed by atoms with van der Waals surface area (Å²) in [6, 6.07) is 1.71. The van der Waals surface area contributed by atoms with Crippen LogP contribution in [0.5, 0.6) is 0 Å². The lowest BCUT2D eigenvalue weighted by atomic mass is 10.00. The summed E-state index contributed by atoms with van der Waals surface area (Å²) in [5.74, 6) is 2.55. The van der Waals surface area contributed by atoms with Gasteiger partial charge in [-0.1, -0.05) is 6.92 Å². The highest BCUT2D eigenvalue weighted by Crippen LogP contribution is 2.18. The number of likely N-dealkylation sites (tertiary alicyclic amines) is 1. The van der Waals surface area contributed by atoms with E-state index in [4.69, 9.17) is 9.15 Å². The van der Waals surface area contributed by atoms with Crippen LogP contribution in [-0.4, -0.2) is 43.6 Å². The summed E-state index contributed by atoms with van der Waals surface area (Å²) in [6.07, 6.45) is 2.38. The van der Waals surface area contributed by atoms with E-state index < -0.39 is 0 Å². The fourth-order valence-electron chi connectivity index (χ4n) is 2.73. The monoisotopic (exact) mass is 321 g/mol. The highest BCUT2D eigenvalue weighted by molar-refractivity contribution is 5.90. The Hall–Kier alpha value is -1.98. The molecule has 23 heavy (non-hydrogen) atoms. The second kappa shape index (κ2) is 8.04. The van der Waals surface area contributed by atoms with Gasteiger partial charge in [-0.2, -0.15) is 0 Å². The number of carbonyl (C=O) groups excluding carboxylic acids is 1. The number of nitrogens with one attached hydrogen (secondary N) is 1. The van der Waals surface area contributed by atoms with Gasteiger partial charge in [0.2, 0.25) is 0 Å². The standard InChI is InChI=1S/C17H27N3O3/c1-5-18-17(20-8-6-12(2)7-9-20)19-11-14-10-15(13(3)23-14)16(21)22-4/h10,12H,5-9,11H2,1-4H3,(H,18,19). The van der Waals surface area contributed by atoms with Crippen molar-refractivity contribution in [1.82, 2.24) is 10.2 Å². The summed E-state index contributed by atoms with van der Waals surface area (Å²) in [5, 5.41) is 3.34. The molecule has 1 saturated heterocycles. The van der Waals surface area contributed by atoms with Gasteiger partial charge in [-0.05, 0) is 38.7 Å². The van der Waals surface area contributed by atoms with E-state index in [2.05, 4.69) is 29.1 Å². The van der Waals surface area contributed by atoms with Crippen molar-refractivity contribution >= 4 is 11.9 Å². The zero-order chi connectivity index (χ0) is 16.8. The second-order valence-corrected chi connectivity index (χ2v) is 6.01. The maximum absolute atomic E-state index is 11.6. The molecule has 1 aliphatic heterocycles. The number of methoxy groups -OCH3 is 1. The smallest absolute Gasteiger partial charge is 0.341 e. The van der Waals surface area contributed by atoms with Gasteiger partial charge in [-0.15, -0.1) is 0 Å². The van der Waals surface area contributed by atoms with E-state index >= 15 is 0 Å². The van der Waals surface area contributed by atoms with E-state index in [-0.39, 0.29) is 5.97 Å². The third-order valence-corrected chi connectivity index (χ3v) is 4.18. The van der Waals surface area contributed by atoms with Crippen molar-refractivity contribution in [2.75, 3.05) is 26.7 Å². The van der Waals surface area contributed by atoms with E-state index in [1.807, 2.05) is 0 Å². The van der Waals surface area contributed by atoms with Crippen LogP contribution in [0, 0.1) is 12.8 Å². The Morgan fingerprint density at radius 3 is 2.78 bits per heavy atom. The van der Waals surface area contributed by atoms with Gasteiger partial charge in [0.15, 0.2) is 5.96 Å². The minimum Gasteiger partial charge on any atom is -0.465 e. The Balaban J connectivity index is 2.07. The van der Waals surface area contributed by atoms with E-state index in [0.717, 1.165) is 31.5 Å². The lowest BCUT2D eigenvalue weighted by Gasteiger charge is -2.32. The zero-order valence-corrected chi connectivity index (χ0v) is 14.5. The van der Waals surface area contributed by atoms with E-state index in [9.17, 15) is 4.79 Å². The zero-order valence-electron chi connectivity index (χ0n) is 14.5. The first-order valence-corrected chi connectivity index (χ1v) is 8.26. The molecular weight excluding hydrogens is 294 g/mol. The first kappa shape index (κ1) is 17.4. The molecule has 2 rings (SSSR count). The number of hydrogen-bond donors (Lipinski definition) is 1. The predicted molar refractivity (Wildman–Crippen MR) is 89.6 cm³/mol. The largest absolute Gasteiger partial charge is 0.465 e. The predicted octanol–water partition coefficient (Wildman–Crippen LogP) is 2.57. The Labute approximate surface area is 137 Å². The number of carbonyl (C=O) groups is 1. The summed E-state index contributed by atoms with van der Waals surface area (Å²) in [5.41, 5.74) is 0.467. The third kappa shape index (κ3) is 4.50. The van der Waals surface area contributed by atoms with Gasteiger partial charge >= 0.3 is 5.97 Å². The molecule has 6 heteroatoms. The topological polar surface area (TPSA) is 67.1 Å². The molecule has 0 aromatic carbocycles. The maximum Gasteiger partial charge on any atom is 0.341 e. The minimum absolute atomic E-state index is 0.376. The van der Waals surface area contributed by atoms with E-state index in [1.165, 1.54) is 20.0 Å². The van der Waals surface area contributed by atoms with Gasteiger partial charge < -0.3 is 19.4 Å². The van der Waals surface area contributed by atoms with Crippen LogP contribution in [0.25, 0.3) is 0 Å². The van der Waals surface area contributed by atoms with Gasteiger partial charge in [-0.25, -0.2) is 9.79 Å². The fraction of sp³-hybridized carbons (Fsp3) is 0.647. The molecule has 1 aromatic heterocycles. The molecule has 0 atom stereocenters. The summed E-state index contributed by atoms with van der Waals surface area (Å²) in [4.78, 5) is 18.6. The lowest BCUT2D eigenvalue weighted by Crippen LogP contribution is -2.45. The molecule has 0 radical (unpaired) electrons. The van der Waals surface area contributed by atoms with Crippen LogP contribution in [0.15, 0.2) is 15.5 Å². The fourth-order valence-corrected chi connectivity index (χ4v) is 2.73. The average Bonchev–Trinajstić information content (AvgIpc) is 2.92. The van der Waals surface area contributed by atoms with Gasteiger partial charge in [0, 0.05) is 19.6 Å². The Kier molecular flexibility index (Phi) is 6.07. The van der Waals surface area contributed by atoms with Gasteiger partial charge in [0.1, 0.15) is 23.6 Å². The van der Waals surface area contributed by atoms with Crippen LogP contribution < -0.4 is 5.32 Å². The molecule has 1 fully saturated rings. The molecule has 0 aliphatic carbocycles. The quantitative estimate of drug-likeness (QED) is 0.524. The lowest BCUT2D eigenvalue weighted by molar-refractivity contribution is 0.0599. The molecule has 0 amide bonds. The number of piperidine rings is 1. The molecule has 1 N–H and O–H groups in total. The van der Waals surface area contributed by atoms with Crippen LogP contribution >= 0.6 is 0 Å². The Morgan fingerprint density at radius 2 is 2.17 bits per heavy atom. The van der Waals surface area contributed by atoms with Crippen molar-refractivity contribution in [2.24, 2.45) is 10.9 Å². The number of nitrogens with zero attached hydrogens (tertiary/aromatic N) is 2. The van der Waals surface area contributed by atoms with E-state index in [1.54, 1.807) is 13.0 Å². The van der Waals surface area contributed by atoms with Gasteiger partial charge in [0.05, 0.1) is 7.11 Å². The first-order valence-electron chi connectivity index (χ1n) is 8.26. The van der Waals surface area contributed by atoms with Crippen molar-refractivity contribution in [3.8, 4) is 0 Å². The summed E-state index contributed by atoms with van der Waals surface area (Å²) in [6.45, 7) is 9.41. The molecular formula is C17H27N3O3. The Bertz CT molecular complexity index is 557. The number of aliphatic imine (C=N–C) groups is 1. The van der Waals surface area contributed by atoms with Crippen LogP contribution in [-0.2, 0) is 11.3 Å². The number of esters is 1. The highest BCUT2D eigenvalue weighted by Gasteiger charge is 2.19. The van der Waals surface area contributed by atoms with Gasteiger partial charge in [0.25, 0.3) is 0 Å². The second-order valence-electron chi connectivity index (χ2n) is 6.01. The molecule has 1 aliphatic rings. The number of rotatable bonds is 4. The van der Waals surface area contributed by atoms with Crippen LogP contribution in [0.3, 0.4) is 0 Å². The maximum atomic E-state index is 11.6. The Morgan fingerprint density at radius 1 is 1.48 bits per heavy atom. The van der Waals surface area contributed by atoms with Crippen molar-refractivity contribution < 1.29 is 13.9 Å². The molecule has 128 valence electrons. The van der Waals surface area contributed by atoms with Crippen molar-refractivity contribution in [1.29, 1.82) is 0 Å². The molecule has 0 unspecified atom stereocenters. The molecule has 1 aromatic rings. The molecule has 2 heterocycles. The van der Waals surface area contributed by atoms with Gasteiger partial charge in [-0.3, -0.25) is 0 Å². The van der Waals surface area contributed by atoms with Crippen LogP contribution in [0.4, 0.5) is 0 Å².